The number of urea groups is 1. The van der Waals surface area contributed by atoms with E-state index < -0.39 is 0 Å². The predicted octanol–water partition coefficient (Wildman–Crippen LogP) is 1.94. The van der Waals surface area contributed by atoms with Crippen molar-refractivity contribution in [1.29, 1.82) is 10.5 Å². The molecule has 0 aliphatic rings. The van der Waals surface area contributed by atoms with Crippen LogP contribution in [0, 0.1) is 22.7 Å². The van der Waals surface area contributed by atoms with Gasteiger partial charge in [-0.25, -0.2) is 4.79 Å². The van der Waals surface area contributed by atoms with Gasteiger partial charge in [-0.3, -0.25) is 0 Å². The van der Waals surface area contributed by atoms with Crippen molar-refractivity contribution in [1.82, 2.24) is 4.90 Å². The molecule has 0 aliphatic heterocycles. The van der Waals surface area contributed by atoms with E-state index in [0.717, 1.165) is 0 Å². The van der Waals surface area contributed by atoms with E-state index in [9.17, 15) is 4.79 Å². The lowest BCUT2D eigenvalue weighted by atomic mass is 10.2. The third-order valence-corrected chi connectivity index (χ3v) is 2.20. The van der Waals surface area contributed by atoms with E-state index in [0.29, 0.717) is 17.8 Å². The fourth-order valence-corrected chi connectivity index (χ4v) is 1.24. The predicted molar refractivity (Wildman–Crippen MR) is 63.0 cm³/mol. The Morgan fingerprint density at radius 1 is 1.35 bits per heavy atom. The van der Waals surface area contributed by atoms with Gasteiger partial charge in [0, 0.05) is 12.2 Å². The number of carbonyl (C=O) groups excluding carboxylic acids is 1. The van der Waals surface area contributed by atoms with E-state index >= 15 is 0 Å². The molecule has 2 amide bonds. The Morgan fingerprint density at radius 3 is 2.47 bits per heavy atom. The summed E-state index contributed by atoms with van der Waals surface area (Å²) >= 11 is 0. The van der Waals surface area contributed by atoms with E-state index in [2.05, 4.69) is 5.32 Å². The van der Waals surface area contributed by atoms with Gasteiger partial charge in [-0.05, 0) is 31.2 Å². The smallest absolute Gasteiger partial charge is 0.311 e. The summed E-state index contributed by atoms with van der Waals surface area (Å²) in [5, 5.41) is 19.8. The van der Waals surface area contributed by atoms with Crippen LogP contribution in [0.25, 0.3) is 0 Å². The Hall–Kier alpha value is -2.53. The highest BCUT2D eigenvalue weighted by molar-refractivity contribution is 5.89. The van der Waals surface area contributed by atoms with E-state index in [-0.39, 0.29) is 12.6 Å². The molecule has 0 fully saturated rings. The van der Waals surface area contributed by atoms with Crippen LogP contribution < -0.4 is 5.32 Å². The summed E-state index contributed by atoms with van der Waals surface area (Å²) in [6.45, 7) is 2.32. The van der Waals surface area contributed by atoms with Crippen LogP contribution in [-0.2, 0) is 0 Å². The Morgan fingerprint density at radius 2 is 2.00 bits per heavy atom. The van der Waals surface area contributed by atoms with Gasteiger partial charge in [0.2, 0.25) is 0 Å². The fourth-order valence-electron chi connectivity index (χ4n) is 1.24. The molecule has 1 rings (SSSR count). The summed E-state index contributed by atoms with van der Waals surface area (Å²) in [6.07, 6.45) is 0. The monoisotopic (exact) mass is 228 g/mol. The molecule has 0 spiro atoms. The highest BCUT2D eigenvalue weighted by Crippen LogP contribution is 2.09. The largest absolute Gasteiger partial charge is 0.322 e. The Bertz CT molecular complexity index is 467. The maximum Gasteiger partial charge on any atom is 0.322 e. The molecule has 0 saturated carbocycles. The van der Waals surface area contributed by atoms with Crippen LogP contribution in [0.3, 0.4) is 0 Å². The lowest BCUT2D eigenvalue weighted by Gasteiger charge is -2.17. The number of amides is 2. The minimum Gasteiger partial charge on any atom is -0.311 e. The van der Waals surface area contributed by atoms with Gasteiger partial charge in [-0.2, -0.15) is 10.5 Å². The summed E-state index contributed by atoms with van der Waals surface area (Å²) < 4.78 is 0. The first-order valence-electron chi connectivity index (χ1n) is 5.14. The quantitative estimate of drug-likeness (QED) is 0.803. The van der Waals surface area contributed by atoms with Crippen molar-refractivity contribution in [2.75, 3.05) is 18.4 Å². The van der Waals surface area contributed by atoms with Gasteiger partial charge in [-0.1, -0.05) is 0 Å². The second kappa shape index (κ2) is 6.14. The van der Waals surface area contributed by atoms with Crippen LogP contribution in [0.2, 0.25) is 0 Å². The van der Waals surface area contributed by atoms with Gasteiger partial charge >= 0.3 is 6.03 Å². The molecule has 0 bridgehead atoms. The second-order valence-corrected chi connectivity index (χ2v) is 3.29. The molecule has 17 heavy (non-hydrogen) atoms. The maximum atomic E-state index is 11.7. The molecular weight excluding hydrogens is 216 g/mol. The summed E-state index contributed by atoms with van der Waals surface area (Å²) in [7, 11) is 0. The second-order valence-electron chi connectivity index (χ2n) is 3.29. The molecule has 1 aromatic rings. The number of nitrogens with zero attached hydrogens (tertiary/aromatic N) is 3. The third kappa shape index (κ3) is 3.51. The number of nitriles is 2. The minimum atomic E-state index is -0.321. The van der Waals surface area contributed by atoms with Gasteiger partial charge in [-0.15, -0.1) is 0 Å². The van der Waals surface area contributed by atoms with Crippen molar-refractivity contribution >= 4 is 11.7 Å². The number of hydrogen-bond acceptors (Lipinski definition) is 3. The zero-order valence-electron chi connectivity index (χ0n) is 9.47. The van der Waals surface area contributed by atoms with Gasteiger partial charge in [0.25, 0.3) is 0 Å². The average molecular weight is 228 g/mol. The fraction of sp³-hybridized carbons (Fsp3) is 0.250. The van der Waals surface area contributed by atoms with Gasteiger partial charge in [0.05, 0.1) is 17.7 Å². The molecule has 0 unspecified atom stereocenters. The van der Waals surface area contributed by atoms with Crippen molar-refractivity contribution in [2.45, 2.75) is 6.92 Å². The van der Waals surface area contributed by atoms with Gasteiger partial charge in [0.15, 0.2) is 0 Å². The molecule has 86 valence electrons. The SMILES string of the molecule is CCN(CC#N)C(=O)Nc1ccc(C#N)cc1. The molecule has 0 aliphatic carbocycles. The minimum absolute atomic E-state index is 0.0542. The van der Waals surface area contributed by atoms with Crippen LogP contribution >= 0.6 is 0 Å². The summed E-state index contributed by atoms with van der Waals surface area (Å²) in [6, 6.07) is 10.1. The molecular formula is C12H12N4O. The van der Waals surface area contributed by atoms with E-state index in [1.807, 2.05) is 12.1 Å². The van der Waals surface area contributed by atoms with E-state index in [1.165, 1.54) is 4.90 Å². The van der Waals surface area contributed by atoms with Crippen LogP contribution in [0.15, 0.2) is 24.3 Å². The standard InChI is InChI=1S/C12H12N4O/c1-2-16(8-7-13)12(17)15-11-5-3-10(9-14)4-6-11/h3-6H,2,8H2,1H3,(H,15,17). The maximum absolute atomic E-state index is 11.7. The average Bonchev–Trinajstić information content (AvgIpc) is 2.36. The van der Waals surface area contributed by atoms with Gasteiger partial charge < -0.3 is 10.2 Å². The Kier molecular flexibility index (Phi) is 4.53. The highest BCUT2D eigenvalue weighted by atomic mass is 16.2. The molecule has 0 atom stereocenters. The first-order chi connectivity index (χ1) is 8.21. The molecule has 5 heteroatoms. The number of carbonyl (C=O) groups is 1. The summed E-state index contributed by atoms with van der Waals surface area (Å²) in [5.41, 5.74) is 1.14. The lowest BCUT2D eigenvalue weighted by Crippen LogP contribution is -2.35. The lowest BCUT2D eigenvalue weighted by molar-refractivity contribution is 0.220. The molecule has 0 heterocycles. The molecule has 0 aromatic heterocycles. The van der Waals surface area contributed by atoms with Crippen molar-refractivity contribution in [3.8, 4) is 12.1 Å². The Balaban J connectivity index is 2.67. The number of benzene rings is 1. The first kappa shape index (κ1) is 12.5. The van der Waals surface area contributed by atoms with Crippen molar-refractivity contribution < 1.29 is 4.79 Å². The zero-order valence-corrected chi connectivity index (χ0v) is 9.47. The van der Waals surface area contributed by atoms with Crippen molar-refractivity contribution in [3.63, 3.8) is 0 Å². The van der Waals surface area contributed by atoms with Crippen LogP contribution in [0.5, 0.6) is 0 Å². The number of nitrogens with one attached hydrogen (secondary N) is 1. The molecule has 5 nitrogen and oxygen atoms in total. The summed E-state index contributed by atoms with van der Waals surface area (Å²) in [5.74, 6) is 0. The molecule has 1 N–H and O–H groups in total. The van der Waals surface area contributed by atoms with E-state index in [1.54, 1.807) is 31.2 Å². The van der Waals surface area contributed by atoms with E-state index in [4.69, 9.17) is 10.5 Å². The number of hydrogen-bond donors (Lipinski definition) is 1. The van der Waals surface area contributed by atoms with Gasteiger partial charge in [0.1, 0.15) is 6.54 Å². The van der Waals surface area contributed by atoms with Crippen molar-refractivity contribution in [3.05, 3.63) is 29.8 Å². The topological polar surface area (TPSA) is 79.9 Å². The van der Waals surface area contributed by atoms with Crippen LogP contribution in [-0.4, -0.2) is 24.0 Å². The number of rotatable bonds is 3. The Labute approximate surface area is 99.9 Å². The molecule has 1 aromatic carbocycles. The molecule has 0 saturated heterocycles. The molecule has 0 radical (unpaired) electrons. The van der Waals surface area contributed by atoms with Crippen LogP contribution in [0.4, 0.5) is 10.5 Å². The highest BCUT2D eigenvalue weighted by Gasteiger charge is 2.10. The first-order valence-corrected chi connectivity index (χ1v) is 5.14. The number of anilines is 1. The van der Waals surface area contributed by atoms with Crippen molar-refractivity contribution in [2.24, 2.45) is 0 Å². The zero-order chi connectivity index (χ0) is 12.7. The summed E-state index contributed by atoms with van der Waals surface area (Å²) in [4.78, 5) is 13.1. The normalized spacial score (nSPS) is 8.88. The third-order valence-electron chi connectivity index (χ3n) is 2.20. The van der Waals surface area contributed by atoms with Crippen LogP contribution in [0.1, 0.15) is 12.5 Å².